The van der Waals surface area contributed by atoms with Crippen LogP contribution < -0.4 is 4.90 Å². The lowest BCUT2D eigenvalue weighted by molar-refractivity contribution is 0.00360. The third kappa shape index (κ3) is 2.59. The summed E-state index contributed by atoms with van der Waals surface area (Å²) in [5.74, 6) is -0.263. The highest BCUT2D eigenvalue weighted by atomic mass is 19.1. The minimum absolute atomic E-state index is 0.00803. The molecule has 5 heteroatoms. The van der Waals surface area contributed by atoms with Gasteiger partial charge in [0.05, 0.1) is 30.5 Å². The molecule has 1 aliphatic rings. The number of hydrogen-bond donors (Lipinski definition) is 1. The molecule has 1 unspecified atom stereocenters. The summed E-state index contributed by atoms with van der Waals surface area (Å²) >= 11 is 0. The maximum absolute atomic E-state index is 13.6. The van der Waals surface area contributed by atoms with Gasteiger partial charge in [0, 0.05) is 24.2 Å². The fraction of sp³-hybridized carbons (Fsp3) is 0.438. The second-order valence-electron chi connectivity index (χ2n) is 5.45. The summed E-state index contributed by atoms with van der Waals surface area (Å²) in [6.45, 7) is 5.85. The molecule has 1 saturated heterocycles. The summed E-state index contributed by atoms with van der Waals surface area (Å²) in [7, 11) is 0. The molecule has 2 heterocycles. The van der Waals surface area contributed by atoms with Crippen LogP contribution in [0.1, 0.15) is 11.3 Å². The van der Waals surface area contributed by atoms with Gasteiger partial charge < -0.3 is 14.7 Å². The summed E-state index contributed by atoms with van der Waals surface area (Å²) in [5.41, 5.74) is 3.78. The highest BCUT2D eigenvalue weighted by Gasteiger charge is 2.23. The molecule has 1 atom stereocenters. The maximum Gasteiger partial charge on any atom is 0.124 e. The highest BCUT2D eigenvalue weighted by Crippen LogP contribution is 2.32. The average molecular weight is 290 g/mol. The first-order valence-corrected chi connectivity index (χ1v) is 7.14. The quantitative estimate of drug-likeness (QED) is 0.921. The van der Waals surface area contributed by atoms with E-state index in [4.69, 9.17) is 4.74 Å². The topological polar surface area (TPSA) is 45.6 Å². The molecule has 112 valence electrons. The standard InChI is InChI=1S/C16H19FN2O2/c1-10-11(2)18-15-4-3-12(17)7-14(15)16(10)19-5-6-21-13(8-19)9-20/h3-4,7,13,20H,5-6,8-9H2,1-2H3. The van der Waals surface area contributed by atoms with Gasteiger partial charge in [-0.2, -0.15) is 0 Å². The second-order valence-corrected chi connectivity index (χ2v) is 5.45. The number of aliphatic hydroxyl groups is 1. The van der Waals surface area contributed by atoms with Crippen molar-refractivity contribution in [3.63, 3.8) is 0 Å². The Hall–Kier alpha value is -1.72. The predicted molar refractivity (Wildman–Crippen MR) is 80.2 cm³/mol. The number of nitrogens with zero attached hydrogens (tertiary/aromatic N) is 2. The van der Waals surface area contributed by atoms with Gasteiger partial charge in [-0.05, 0) is 37.6 Å². The maximum atomic E-state index is 13.6. The van der Waals surface area contributed by atoms with Crippen molar-refractivity contribution in [2.45, 2.75) is 20.0 Å². The van der Waals surface area contributed by atoms with E-state index >= 15 is 0 Å². The van der Waals surface area contributed by atoms with Crippen molar-refractivity contribution in [1.82, 2.24) is 4.98 Å². The Morgan fingerprint density at radius 2 is 2.24 bits per heavy atom. The van der Waals surface area contributed by atoms with Crippen molar-refractivity contribution >= 4 is 16.6 Å². The van der Waals surface area contributed by atoms with Gasteiger partial charge in [0.15, 0.2) is 0 Å². The van der Waals surface area contributed by atoms with Crippen LogP contribution in [0.2, 0.25) is 0 Å². The van der Waals surface area contributed by atoms with Gasteiger partial charge in [-0.25, -0.2) is 4.39 Å². The Kier molecular flexibility index (Phi) is 3.78. The van der Waals surface area contributed by atoms with Crippen molar-refractivity contribution in [1.29, 1.82) is 0 Å². The van der Waals surface area contributed by atoms with Crippen LogP contribution in [-0.2, 0) is 4.74 Å². The zero-order valence-corrected chi connectivity index (χ0v) is 12.3. The fourth-order valence-corrected chi connectivity index (χ4v) is 2.87. The first kappa shape index (κ1) is 14.2. The van der Waals surface area contributed by atoms with Crippen molar-refractivity contribution in [2.75, 3.05) is 31.2 Å². The predicted octanol–water partition coefficient (Wildman–Crippen LogP) is 2.19. The molecule has 21 heavy (non-hydrogen) atoms. The molecule has 1 aliphatic heterocycles. The number of aromatic nitrogens is 1. The van der Waals surface area contributed by atoms with Crippen LogP contribution in [-0.4, -0.2) is 42.5 Å². The number of hydrogen-bond acceptors (Lipinski definition) is 4. The van der Waals surface area contributed by atoms with Gasteiger partial charge >= 0.3 is 0 Å². The molecule has 1 aromatic carbocycles. The molecule has 0 aliphatic carbocycles. The number of rotatable bonds is 2. The number of pyridine rings is 1. The molecule has 4 nitrogen and oxygen atoms in total. The van der Waals surface area contributed by atoms with Crippen LogP contribution >= 0.6 is 0 Å². The number of ether oxygens (including phenoxy) is 1. The van der Waals surface area contributed by atoms with E-state index in [2.05, 4.69) is 9.88 Å². The molecule has 3 rings (SSSR count). The first-order valence-electron chi connectivity index (χ1n) is 7.14. The number of aliphatic hydroxyl groups excluding tert-OH is 1. The van der Waals surface area contributed by atoms with Gasteiger partial charge in [0.1, 0.15) is 5.82 Å². The SMILES string of the molecule is Cc1nc2ccc(F)cc2c(N2CCOC(CO)C2)c1C. The largest absolute Gasteiger partial charge is 0.394 e. The van der Waals surface area contributed by atoms with Crippen LogP contribution in [0.4, 0.5) is 10.1 Å². The molecule has 0 bridgehead atoms. The monoisotopic (exact) mass is 290 g/mol. The van der Waals surface area contributed by atoms with Crippen molar-refractivity contribution < 1.29 is 14.2 Å². The third-order valence-corrected chi connectivity index (χ3v) is 4.06. The lowest BCUT2D eigenvalue weighted by Crippen LogP contribution is -2.44. The van der Waals surface area contributed by atoms with E-state index in [9.17, 15) is 9.50 Å². The van der Waals surface area contributed by atoms with Crippen molar-refractivity contribution in [2.24, 2.45) is 0 Å². The molecule has 0 amide bonds. The summed E-state index contributed by atoms with van der Waals surface area (Å²) in [5, 5.41) is 10.1. The Morgan fingerprint density at radius 1 is 1.43 bits per heavy atom. The number of benzene rings is 1. The number of anilines is 1. The minimum atomic E-state index is -0.263. The molecule has 0 radical (unpaired) electrons. The van der Waals surface area contributed by atoms with Crippen molar-refractivity contribution in [3.8, 4) is 0 Å². The van der Waals surface area contributed by atoms with Gasteiger partial charge in [-0.1, -0.05) is 0 Å². The highest BCUT2D eigenvalue weighted by molar-refractivity contribution is 5.94. The lowest BCUT2D eigenvalue weighted by atomic mass is 10.0. The second kappa shape index (κ2) is 5.58. The molecule has 1 fully saturated rings. The first-order chi connectivity index (χ1) is 10.1. The fourth-order valence-electron chi connectivity index (χ4n) is 2.87. The molecule has 1 aromatic heterocycles. The molecule has 0 spiro atoms. The number of morpholine rings is 1. The number of aryl methyl sites for hydroxylation is 1. The average Bonchev–Trinajstić information content (AvgIpc) is 2.49. The van der Waals surface area contributed by atoms with Crippen molar-refractivity contribution in [3.05, 3.63) is 35.3 Å². The van der Waals surface area contributed by atoms with Gasteiger partial charge in [0.2, 0.25) is 0 Å². The van der Waals surface area contributed by atoms with Crippen LogP contribution in [0.3, 0.4) is 0 Å². The molecular weight excluding hydrogens is 271 g/mol. The van der Waals surface area contributed by atoms with E-state index in [1.165, 1.54) is 12.1 Å². The smallest absolute Gasteiger partial charge is 0.124 e. The zero-order valence-electron chi connectivity index (χ0n) is 12.3. The zero-order chi connectivity index (χ0) is 15.0. The number of halogens is 1. The Balaban J connectivity index is 2.15. The summed E-state index contributed by atoms with van der Waals surface area (Å²) < 4.78 is 19.2. The Morgan fingerprint density at radius 3 is 3.00 bits per heavy atom. The summed E-state index contributed by atoms with van der Waals surface area (Å²) in [6.07, 6.45) is -0.199. The Bertz CT molecular complexity index is 675. The third-order valence-electron chi connectivity index (χ3n) is 4.06. The number of fused-ring (bicyclic) bond motifs is 1. The van der Waals surface area contributed by atoms with Gasteiger partial charge in [0.25, 0.3) is 0 Å². The molecule has 0 saturated carbocycles. The van der Waals surface area contributed by atoms with E-state index < -0.39 is 0 Å². The van der Waals surface area contributed by atoms with E-state index in [1.807, 2.05) is 13.8 Å². The normalized spacial score (nSPS) is 19.2. The van der Waals surface area contributed by atoms with Crippen LogP contribution in [0.15, 0.2) is 18.2 Å². The summed E-state index contributed by atoms with van der Waals surface area (Å²) in [4.78, 5) is 6.70. The van der Waals surface area contributed by atoms with Crippen LogP contribution in [0, 0.1) is 19.7 Å². The van der Waals surface area contributed by atoms with E-state index in [1.54, 1.807) is 6.07 Å². The lowest BCUT2D eigenvalue weighted by Gasteiger charge is -2.35. The summed E-state index contributed by atoms with van der Waals surface area (Å²) in [6, 6.07) is 4.68. The molecular formula is C16H19FN2O2. The molecule has 2 aromatic rings. The van der Waals surface area contributed by atoms with Gasteiger partial charge in [-0.15, -0.1) is 0 Å². The van der Waals surface area contributed by atoms with Crippen LogP contribution in [0.5, 0.6) is 0 Å². The van der Waals surface area contributed by atoms with E-state index in [0.29, 0.717) is 13.2 Å². The van der Waals surface area contributed by atoms with E-state index in [-0.39, 0.29) is 18.5 Å². The minimum Gasteiger partial charge on any atom is -0.394 e. The van der Waals surface area contributed by atoms with E-state index in [0.717, 1.165) is 34.4 Å². The molecule has 1 N–H and O–H groups in total. The Labute approximate surface area is 123 Å². The van der Waals surface area contributed by atoms with Gasteiger partial charge in [-0.3, -0.25) is 4.98 Å². The van der Waals surface area contributed by atoms with Crippen LogP contribution in [0.25, 0.3) is 10.9 Å².